The van der Waals surface area contributed by atoms with E-state index in [2.05, 4.69) is 44.9 Å². The van der Waals surface area contributed by atoms with Crippen molar-refractivity contribution in [2.75, 3.05) is 18.7 Å². The Morgan fingerprint density at radius 2 is 1.91 bits per heavy atom. The average molecular weight is 308 g/mol. The van der Waals surface area contributed by atoms with Crippen LogP contribution in [0.1, 0.15) is 5.56 Å². The monoisotopic (exact) mass is 308 g/mol. The Kier molecular flexibility index (Phi) is 3.65. The van der Waals surface area contributed by atoms with Crippen LogP contribution in [-0.4, -0.2) is 24.3 Å². The van der Waals surface area contributed by atoms with E-state index in [0.717, 1.165) is 24.3 Å². The highest BCUT2D eigenvalue weighted by molar-refractivity contribution is 5.92. The summed E-state index contributed by atoms with van der Waals surface area (Å²) in [6.07, 6.45) is 0. The van der Waals surface area contributed by atoms with Crippen molar-refractivity contribution < 1.29 is 9.32 Å². The van der Waals surface area contributed by atoms with Crippen molar-refractivity contribution in [2.24, 2.45) is 4.99 Å². The van der Waals surface area contributed by atoms with Gasteiger partial charge < -0.3 is 9.73 Å². The average Bonchev–Trinajstić information content (AvgIpc) is 3.00. The molecule has 1 atom stereocenters. The fraction of sp³-hybridized carbons (Fsp3) is 0.176. The Hall–Kier alpha value is -2.86. The minimum Gasteiger partial charge on any atom is -0.423 e. The second-order valence-corrected chi connectivity index (χ2v) is 5.54. The number of fused-ring (bicyclic) bond motifs is 1. The minimum atomic E-state index is 0.462. The molecule has 116 valence electrons. The molecule has 2 heterocycles. The number of rotatable bonds is 3. The number of para-hydroxylation sites is 2. The third kappa shape index (κ3) is 3.17. The van der Waals surface area contributed by atoms with E-state index < -0.39 is 0 Å². The van der Waals surface area contributed by atoms with Gasteiger partial charge in [-0.1, -0.05) is 42.5 Å². The van der Waals surface area contributed by atoms with Crippen molar-refractivity contribution in [3.8, 4) is 0 Å². The highest BCUT2D eigenvalue weighted by Gasteiger charge is 2.16. The Morgan fingerprint density at radius 1 is 1.09 bits per heavy atom. The van der Waals surface area contributed by atoms with Gasteiger partial charge >= 0.3 is 6.01 Å². The summed E-state index contributed by atoms with van der Waals surface area (Å²) >= 11 is 0. The van der Waals surface area contributed by atoms with E-state index in [1.54, 1.807) is 0 Å². The summed E-state index contributed by atoms with van der Waals surface area (Å²) in [5.74, 6) is 0.702. The smallest absolute Gasteiger partial charge is 0.302 e. The molecule has 1 aliphatic rings. The number of oxazole rings is 1. The van der Waals surface area contributed by atoms with E-state index in [9.17, 15) is 0 Å². The minimum absolute atomic E-state index is 0.462. The largest absolute Gasteiger partial charge is 0.423 e. The van der Waals surface area contributed by atoms with Crippen LogP contribution in [0.2, 0.25) is 0 Å². The maximum atomic E-state index is 5.64. The molecule has 23 heavy (non-hydrogen) atoms. The van der Waals surface area contributed by atoms with Crippen LogP contribution in [0, 0.1) is 0 Å². The number of quaternary nitrogens is 1. The fourth-order valence-electron chi connectivity index (χ4n) is 2.63. The zero-order valence-corrected chi connectivity index (χ0v) is 12.6. The summed E-state index contributed by atoms with van der Waals surface area (Å²) in [7, 11) is 0. The van der Waals surface area contributed by atoms with E-state index in [1.807, 2.05) is 30.3 Å². The van der Waals surface area contributed by atoms with Crippen LogP contribution in [0.4, 0.5) is 6.01 Å². The van der Waals surface area contributed by atoms with Gasteiger partial charge in [0.2, 0.25) is 5.96 Å². The van der Waals surface area contributed by atoms with E-state index in [-0.39, 0.29) is 0 Å². The molecule has 1 unspecified atom stereocenters. The van der Waals surface area contributed by atoms with Gasteiger partial charge in [0.05, 0.1) is 0 Å². The fourth-order valence-corrected chi connectivity index (χ4v) is 2.63. The van der Waals surface area contributed by atoms with E-state index in [4.69, 9.17) is 4.42 Å². The highest BCUT2D eigenvalue weighted by atomic mass is 16.4. The maximum absolute atomic E-state index is 5.64. The summed E-state index contributed by atoms with van der Waals surface area (Å²) in [4.78, 5) is 10.3. The number of benzene rings is 2. The molecule has 0 radical (unpaired) electrons. The van der Waals surface area contributed by atoms with Gasteiger partial charge in [-0.15, -0.1) is 0 Å². The molecule has 1 aliphatic heterocycles. The lowest BCUT2D eigenvalue weighted by Crippen LogP contribution is -3.13. The maximum Gasteiger partial charge on any atom is 0.302 e. The molecule has 0 saturated heterocycles. The zero-order chi connectivity index (χ0) is 15.5. The van der Waals surface area contributed by atoms with Crippen molar-refractivity contribution in [2.45, 2.75) is 6.54 Å². The predicted octanol–water partition coefficient (Wildman–Crippen LogP) is 1.20. The summed E-state index contributed by atoms with van der Waals surface area (Å²) in [5, 5.41) is 6.39. The first-order chi connectivity index (χ1) is 11.4. The first kappa shape index (κ1) is 13.8. The molecule has 2 aromatic carbocycles. The third-order valence-corrected chi connectivity index (χ3v) is 3.78. The van der Waals surface area contributed by atoms with Crippen molar-refractivity contribution in [3.63, 3.8) is 0 Å². The zero-order valence-electron chi connectivity index (χ0n) is 12.6. The standard InChI is InChI=1S/C17H17N5O/c1-2-6-13(7-3-1)10-22-11-18-16(19-12-22)21-17-20-14-8-4-5-9-15(14)23-17/h1-9H,10-12H2,(H2,18,19,20,21)/p+1. The molecule has 0 bridgehead atoms. The van der Waals surface area contributed by atoms with Crippen LogP contribution in [0.25, 0.3) is 11.1 Å². The Labute approximate surface area is 133 Å². The van der Waals surface area contributed by atoms with Crippen LogP contribution in [0.3, 0.4) is 0 Å². The van der Waals surface area contributed by atoms with Gasteiger partial charge in [0.15, 0.2) is 18.9 Å². The molecule has 4 rings (SSSR count). The molecule has 0 fully saturated rings. The Balaban J connectivity index is 1.39. The molecule has 3 aromatic rings. The number of aromatic nitrogens is 1. The number of nitrogens with zero attached hydrogens (tertiary/aromatic N) is 2. The van der Waals surface area contributed by atoms with E-state index >= 15 is 0 Å². The van der Waals surface area contributed by atoms with Gasteiger partial charge in [0, 0.05) is 5.56 Å². The molecule has 0 saturated carbocycles. The van der Waals surface area contributed by atoms with Crippen molar-refractivity contribution in [3.05, 3.63) is 60.2 Å². The third-order valence-electron chi connectivity index (χ3n) is 3.78. The van der Waals surface area contributed by atoms with Crippen LogP contribution in [-0.2, 0) is 6.54 Å². The summed E-state index contributed by atoms with van der Waals surface area (Å²) in [6.45, 7) is 2.47. The van der Waals surface area contributed by atoms with Gasteiger partial charge in [-0.3, -0.25) is 10.2 Å². The first-order valence-electron chi connectivity index (χ1n) is 7.65. The number of nitrogens with one attached hydrogen (secondary N) is 3. The lowest BCUT2D eigenvalue weighted by atomic mass is 10.2. The molecule has 3 N–H and O–H groups in total. The summed E-state index contributed by atoms with van der Waals surface area (Å²) < 4.78 is 5.64. The highest BCUT2D eigenvalue weighted by Crippen LogP contribution is 2.17. The Bertz CT molecular complexity index is 794. The van der Waals surface area contributed by atoms with Crippen molar-refractivity contribution >= 4 is 23.1 Å². The van der Waals surface area contributed by atoms with E-state index in [0.29, 0.717) is 18.6 Å². The normalized spacial score (nSPS) is 17.6. The lowest BCUT2D eigenvalue weighted by Gasteiger charge is -2.23. The SMILES string of the molecule is c1ccc(C[NH+]2CN=C(Nc3nc4ccccc4o3)NC2)cc1. The molecule has 1 aromatic heterocycles. The predicted molar refractivity (Wildman–Crippen MR) is 89.0 cm³/mol. The van der Waals surface area contributed by atoms with Gasteiger partial charge in [-0.05, 0) is 12.1 Å². The topological polar surface area (TPSA) is 66.9 Å². The van der Waals surface area contributed by atoms with Crippen LogP contribution in [0.15, 0.2) is 64.0 Å². The molecular formula is C17H18N5O+. The summed E-state index contributed by atoms with van der Waals surface area (Å²) in [5.41, 5.74) is 2.92. The van der Waals surface area contributed by atoms with Crippen LogP contribution in [0.5, 0.6) is 0 Å². The second kappa shape index (κ2) is 6.10. The summed E-state index contributed by atoms with van der Waals surface area (Å²) in [6, 6.07) is 18.6. The van der Waals surface area contributed by atoms with Gasteiger partial charge in [-0.25, -0.2) is 0 Å². The molecule has 0 spiro atoms. The Morgan fingerprint density at radius 3 is 2.70 bits per heavy atom. The van der Waals surface area contributed by atoms with Crippen molar-refractivity contribution in [1.82, 2.24) is 10.3 Å². The molecule has 0 aliphatic carbocycles. The second-order valence-electron chi connectivity index (χ2n) is 5.54. The van der Waals surface area contributed by atoms with Crippen LogP contribution >= 0.6 is 0 Å². The molecule has 0 amide bonds. The number of hydrogen-bond acceptors (Lipinski definition) is 5. The molecule has 6 heteroatoms. The number of anilines is 1. The lowest BCUT2D eigenvalue weighted by molar-refractivity contribution is -0.916. The van der Waals surface area contributed by atoms with E-state index in [1.165, 1.54) is 10.5 Å². The first-order valence-corrected chi connectivity index (χ1v) is 7.65. The van der Waals surface area contributed by atoms with Gasteiger partial charge in [-0.2, -0.15) is 9.98 Å². The quantitative estimate of drug-likeness (QED) is 0.680. The number of aliphatic imine (C=N–C) groups is 1. The van der Waals surface area contributed by atoms with Crippen LogP contribution < -0.4 is 15.5 Å². The van der Waals surface area contributed by atoms with Gasteiger partial charge in [0.1, 0.15) is 12.1 Å². The van der Waals surface area contributed by atoms with Crippen molar-refractivity contribution in [1.29, 1.82) is 0 Å². The number of hydrogen-bond donors (Lipinski definition) is 3. The molecule has 6 nitrogen and oxygen atoms in total. The molecular weight excluding hydrogens is 290 g/mol. The van der Waals surface area contributed by atoms with Gasteiger partial charge in [0.25, 0.3) is 0 Å². The number of guanidine groups is 1.